The van der Waals surface area contributed by atoms with Gasteiger partial charge >= 0.3 is 0 Å². The zero-order chi connectivity index (χ0) is 10.6. The summed E-state index contributed by atoms with van der Waals surface area (Å²) in [4.78, 5) is 9.93. The minimum atomic E-state index is -0.557. The molecule has 2 N–H and O–H groups in total. The zero-order valence-electron chi connectivity index (χ0n) is 7.18. The quantitative estimate of drug-likeness (QED) is 0.331. The molecular weight excluding hydrogens is 182 g/mol. The molecule has 0 unspecified atom stereocenters. The van der Waals surface area contributed by atoms with Crippen molar-refractivity contribution in [1.29, 1.82) is 5.26 Å². The second-order valence-electron chi connectivity index (χ2n) is 2.54. The Balaban J connectivity index is 3.14. The molecule has 0 heterocycles. The molecule has 0 aliphatic rings. The Morgan fingerprint density at radius 3 is 2.86 bits per heavy atom. The number of nitrogens with two attached hydrogens (primary N) is 1. The molecule has 0 aromatic heterocycles. The number of rotatable bonds is 2. The highest BCUT2D eigenvalue weighted by atomic mass is 16.6. The van der Waals surface area contributed by atoms with Gasteiger partial charge < -0.3 is 5.73 Å². The average molecular weight is 189 g/mol. The van der Waals surface area contributed by atoms with Crippen molar-refractivity contribution in [2.24, 2.45) is 0 Å². The number of benzene rings is 1. The normalized spacial score (nSPS) is 9.93. The molecule has 0 atom stereocenters. The van der Waals surface area contributed by atoms with E-state index in [0.29, 0.717) is 5.56 Å². The van der Waals surface area contributed by atoms with Gasteiger partial charge in [0.05, 0.1) is 11.0 Å². The smallest absolute Gasteiger partial charge is 0.292 e. The van der Waals surface area contributed by atoms with E-state index >= 15 is 0 Å². The molecular formula is C9H7N3O2. The van der Waals surface area contributed by atoms with Crippen LogP contribution >= 0.6 is 0 Å². The number of allylic oxidation sites excluding steroid dienone is 1. The van der Waals surface area contributed by atoms with E-state index in [-0.39, 0.29) is 11.4 Å². The van der Waals surface area contributed by atoms with Crippen LogP contribution in [0.5, 0.6) is 0 Å². The Morgan fingerprint density at radius 2 is 2.29 bits per heavy atom. The number of nitro groups is 1. The second kappa shape index (κ2) is 4.05. The molecule has 0 saturated carbocycles. The van der Waals surface area contributed by atoms with E-state index in [9.17, 15) is 10.1 Å². The van der Waals surface area contributed by atoms with Gasteiger partial charge in [-0.1, -0.05) is 6.07 Å². The minimum absolute atomic E-state index is 0.115. The first kappa shape index (κ1) is 9.74. The summed E-state index contributed by atoms with van der Waals surface area (Å²) >= 11 is 0. The van der Waals surface area contributed by atoms with Crippen molar-refractivity contribution in [2.75, 3.05) is 5.73 Å². The Bertz CT molecular complexity index is 432. The number of nitriles is 1. The molecule has 0 saturated heterocycles. The molecule has 0 radical (unpaired) electrons. The summed E-state index contributed by atoms with van der Waals surface area (Å²) in [6.45, 7) is 0. The summed E-state index contributed by atoms with van der Waals surface area (Å²) < 4.78 is 0. The van der Waals surface area contributed by atoms with Gasteiger partial charge in [0.15, 0.2) is 0 Å². The SMILES string of the molecule is N#CC=Cc1ccc(N)c([N+](=O)[O-])c1. The summed E-state index contributed by atoms with van der Waals surface area (Å²) in [5, 5.41) is 18.7. The lowest BCUT2D eigenvalue weighted by Crippen LogP contribution is -1.95. The van der Waals surface area contributed by atoms with Crippen LogP contribution in [-0.2, 0) is 0 Å². The van der Waals surface area contributed by atoms with E-state index in [4.69, 9.17) is 11.0 Å². The summed E-state index contributed by atoms with van der Waals surface area (Å²) in [5.74, 6) is 0. The molecule has 14 heavy (non-hydrogen) atoms. The van der Waals surface area contributed by atoms with E-state index in [1.807, 2.05) is 0 Å². The highest BCUT2D eigenvalue weighted by Gasteiger charge is 2.10. The lowest BCUT2D eigenvalue weighted by Gasteiger charge is -1.97. The van der Waals surface area contributed by atoms with Crippen molar-refractivity contribution in [2.45, 2.75) is 0 Å². The highest BCUT2D eigenvalue weighted by molar-refractivity contribution is 5.65. The van der Waals surface area contributed by atoms with E-state index in [1.54, 1.807) is 12.1 Å². The van der Waals surface area contributed by atoms with Crippen molar-refractivity contribution >= 4 is 17.5 Å². The first-order chi connectivity index (χ1) is 6.65. The Morgan fingerprint density at radius 1 is 1.57 bits per heavy atom. The second-order valence-corrected chi connectivity index (χ2v) is 2.54. The fraction of sp³-hybridized carbons (Fsp3) is 0. The zero-order valence-corrected chi connectivity index (χ0v) is 7.18. The molecule has 70 valence electrons. The highest BCUT2D eigenvalue weighted by Crippen LogP contribution is 2.22. The molecule has 0 bridgehead atoms. The van der Waals surface area contributed by atoms with Crippen LogP contribution in [0.4, 0.5) is 11.4 Å². The predicted octanol–water partition coefficient (Wildman–Crippen LogP) is 1.71. The molecule has 1 aromatic rings. The van der Waals surface area contributed by atoms with Crippen LogP contribution in [0.1, 0.15) is 5.56 Å². The maximum Gasteiger partial charge on any atom is 0.292 e. The van der Waals surface area contributed by atoms with Crippen LogP contribution in [0.15, 0.2) is 24.3 Å². The number of nitrogen functional groups attached to an aromatic ring is 1. The number of anilines is 1. The van der Waals surface area contributed by atoms with E-state index in [1.165, 1.54) is 24.3 Å². The molecule has 5 heteroatoms. The molecule has 1 rings (SSSR count). The van der Waals surface area contributed by atoms with Crippen molar-refractivity contribution < 1.29 is 4.92 Å². The third kappa shape index (κ3) is 2.08. The van der Waals surface area contributed by atoms with Crippen LogP contribution in [0.3, 0.4) is 0 Å². The van der Waals surface area contributed by atoms with Crippen molar-refractivity contribution in [1.82, 2.24) is 0 Å². The lowest BCUT2D eigenvalue weighted by molar-refractivity contribution is -0.383. The largest absolute Gasteiger partial charge is 0.393 e. The van der Waals surface area contributed by atoms with Gasteiger partial charge in [-0.05, 0) is 17.7 Å². The molecule has 0 fully saturated rings. The fourth-order valence-electron chi connectivity index (χ4n) is 0.956. The summed E-state index contributed by atoms with van der Waals surface area (Å²) in [5.41, 5.74) is 5.93. The van der Waals surface area contributed by atoms with Gasteiger partial charge in [0.2, 0.25) is 0 Å². The van der Waals surface area contributed by atoms with Crippen molar-refractivity contribution in [3.05, 3.63) is 40.0 Å². The molecule has 0 aliphatic heterocycles. The van der Waals surface area contributed by atoms with E-state index < -0.39 is 4.92 Å². The minimum Gasteiger partial charge on any atom is -0.393 e. The van der Waals surface area contributed by atoms with Crippen LogP contribution in [0, 0.1) is 21.4 Å². The van der Waals surface area contributed by atoms with Crippen LogP contribution < -0.4 is 5.73 Å². The predicted molar refractivity (Wildman–Crippen MR) is 52.2 cm³/mol. The van der Waals surface area contributed by atoms with Gasteiger partial charge in [-0.3, -0.25) is 10.1 Å². The third-order valence-electron chi connectivity index (χ3n) is 1.60. The van der Waals surface area contributed by atoms with Gasteiger partial charge in [-0.25, -0.2) is 0 Å². The fourth-order valence-corrected chi connectivity index (χ4v) is 0.956. The summed E-state index contributed by atoms with van der Waals surface area (Å²) in [6.07, 6.45) is 2.72. The first-order valence-corrected chi connectivity index (χ1v) is 3.75. The number of nitrogens with zero attached hydrogens (tertiary/aromatic N) is 2. The molecule has 1 aromatic carbocycles. The van der Waals surface area contributed by atoms with Gasteiger partial charge in [0.25, 0.3) is 5.69 Å². The topological polar surface area (TPSA) is 93.0 Å². The van der Waals surface area contributed by atoms with Gasteiger partial charge in [0.1, 0.15) is 5.69 Å². The Kier molecular flexibility index (Phi) is 2.82. The summed E-state index contributed by atoms with van der Waals surface area (Å²) in [7, 11) is 0. The average Bonchev–Trinajstić information content (AvgIpc) is 2.16. The summed E-state index contributed by atoms with van der Waals surface area (Å²) in [6, 6.07) is 6.17. The van der Waals surface area contributed by atoms with Crippen molar-refractivity contribution in [3.8, 4) is 6.07 Å². The van der Waals surface area contributed by atoms with Gasteiger partial charge in [-0.2, -0.15) is 5.26 Å². The number of hydrogen-bond donors (Lipinski definition) is 1. The Hall–Kier alpha value is -2.35. The van der Waals surface area contributed by atoms with Gasteiger partial charge in [0, 0.05) is 12.1 Å². The standard InChI is InChI=1S/C9H7N3O2/c10-5-1-2-7-3-4-8(11)9(6-7)12(13)14/h1-4,6H,11H2. The molecule has 5 nitrogen and oxygen atoms in total. The van der Waals surface area contributed by atoms with E-state index in [0.717, 1.165) is 0 Å². The number of hydrogen-bond acceptors (Lipinski definition) is 4. The number of nitro benzene ring substituents is 1. The molecule has 0 aliphatic carbocycles. The van der Waals surface area contributed by atoms with Crippen LogP contribution in [0.25, 0.3) is 6.08 Å². The first-order valence-electron chi connectivity index (χ1n) is 3.75. The maximum absolute atomic E-state index is 10.5. The monoisotopic (exact) mass is 189 g/mol. The maximum atomic E-state index is 10.5. The third-order valence-corrected chi connectivity index (χ3v) is 1.60. The van der Waals surface area contributed by atoms with Crippen molar-refractivity contribution in [3.63, 3.8) is 0 Å². The van der Waals surface area contributed by atoms with Crippen LogP contribution in [-0.4, -0.2) is 4.92 Å². The Labute approximate surface area is 80.2 Å². The van der Waals surface area contributed by atoms with Crippen LogP contribution in [0.2, 0.25) is 0 Å². The van der Waals surface area contributed by atoms with Gasteiger partial charge in [-0.15, -0.1) is 0 Å². The molecule has 0 spiro atoms. The van der Waals surface area contributed by atoms with E-state index in [2.05, 4.69) is 0 Å². The molecule has 0 amide bonds. The lowest BCUT2D eigenvalue weighted by atomic mass is 10.1.